The molecular weight excluding hydrogens is 334 g/mol. The second-order valence-electron chi connectivity index (χ2n) is 10.4. The van der Waals surface area contributed by atoms with Crippen LogP contribution in [-0.4, -0.2) is 37.8 Å². The SMILES string of the molecule is CC(C)COc1ccc(CN(C)CC(C)(C)CC(C)(C)COC(C)C)cc1. The summed E-state index contributed by atoms with van der Waals surface area (Å²) < 4.78 is 11.7. The fourth-order valence-electron chi connectivity index (χ4n) is 3.85. The molecule has 0 N–H and O–H groups in total. The van der Waals surface area contributed by atoms with Gasteiger partial charge in [-0.15, -0.1) is 0 Å². The quantitative estimate of drug-likeness (QED) is 0.444. The first-order valence-electron chi connectivity index (χ1n) is 10.4. The van der Waals surface area contributed by atoms with Crippen molar-refractivity contribution in [3.05, 3.63) is 29.8 Å². The van der Waals surface area contributed by atoms with E-state index in [1.165, 1.54) is 5.56 Å². The smallest absolute Gasteiger partial charge is 0.119 e. The van der Waals surface area contributed by atoms with E-state index in [1.807, 2.05) is 0 Å². The van der Waals surface area contributed by atoms with Crippen LogP contribution in [0.5, 0.6) is 5.75 Å². The average Bonchev–Trinajstić information content (AvgIpc) is 2.50. The fraction of sp³-hybridized carbons (Fsp3) is 0.750. The molecule has 0 amide bonds. The van der Waals surface area contributed by atoms with E-state index in [4.69, 9.17) is 9.47 Å². The Kier molecular flexibility index (Phi) is 9.30. The maximum atomic E-state index is 5.87. The van der Waals surface area contributed by atoms with E-state index in [0.29, 0.717) is 12.0 Å². The normalized spacial score (nSPS) is 13.0. The van der Waals surface area contributed by atoms with Gasteiger partial charge in [0.2, 0.25) is 0 Å². The van der Waals surface area contributed by atoms with Crippen molar-refractivity contribution in [1.29, 1.82) is 0 Å². The van der Waals surface area contributed by atoms with Crippen LogP contribution in [0.15, 0.2) is 24.3 Å². The first-order chi connectivity index (χ1) is 12.4. The van der Waals surface area contributed by atoms with Gasteiger partial charge in [-0.2, -0.15) is 0 Å². The summed E-state index contributed by atoms with van der Waals surface area (Å²) in [5.41, 5.74) is 1.75. The molecule has 156 valence electrons. The standard InChI is InChI=1S/C24H43NO2/c1-19(2)15-26-22-12-10-21(11-13-22)14-25(9)17-23(5,6)16-24(7,8)18-27-20(3)4/h10-13,19-20H,14-18H2,1-9H3. The largest absolute Gasteiger partial charge is 0.493 e. The highest BCUT2D eigenvalue weighted by molar-refractivity contribution is 5.27. The Morgan fingerprint density at radius 3 is 2.04 bits per heavy atom. The van der Waals surface area contributed by atoms with E-state index in [9.17, 15) is 0 Å². The number of nitrogens with zero attached hydrogens (tertiary/aromatic N) is 1. The number of hydrogen-bond donors (Lipinski definition) is 0. The molecule has 0 unspecified atom stereocenters. The van der Waals surface area contributed by atoms with Gasteiger partial charge in [-0.05, 0) is 61.8 Å². The molecule has 0 spiro atoms. The lowest BCUT2D eigenvalue weighted by atomic mass is 9.75. The summed E-state index contributed by atoms with van der Waals surface area (Å²) in [6.45, 7) is 21.5. The first-order valence-corrected chi connectivity index (χ1v) is 10.4. The van der Waals surface area contributed by atoms with Crippen LogP contribution in [0.4, 0.5) is 0 Å². The van der Waals surface area contributed by atoms with Gasteiger partial charge in [0, 0.05) is 13.1 Å². The van der Waals surface area contributed by atoms with Gasteiger partial charge in [-0.25, -0.2) is 0 Å². The summed E-state index contributed by atoms with van der Waals surface area (Å²) in [5, 5.41) is 0. The molecule has 3 heteroatoms. The van der Waals surface area contributed by atoms with Crippen molar-refractivity contribution in [2.45, 2.75) is 74.5 Å². The summed E-state index contributed by atoms with van der Waals surface area (Å²) in [6.07, 6.45) is 1.43. The van der Waals surface area contributed by atoms with Crippen molar-refractivity contribution >= 4 is 0 Å². The van der Waals surface area contributed by atoms with Crippen LogP contribution in [0.1, 0.15) is 67.4 Å². The highest BCUT2D eigenvalue weighted by atomic mass is 16.5. The Hall–Kier alpha value is -1.06. The van der Waals surface area contributed by atoms with Crippen molar-refractivity contribution in [1.82, 2.24) is 4.90 Å². The lowest BCUT2D eigenvalue weighted by Gasteiger charge is -2.37. The molecule has 3 nitrogen and oxygen atoms in total. The lowest BCUT2D eigenvalue weighted by molar-refractivity contribution is -0.000842. The third kappa shape index (κ3) is 10.8. The zero-order chi connectivity index (χ0) is 20.7. The van der Waals surface area contributed by atoms with Crippen molar-refractivity contribution in [2.24, 2.45) is 16.7 Å². The average molecular weight is 378 g/mol. The van der Waals surface area contributed by atoms with Gasteiger partial charge in [0.1, 0.15) is 5.75 Å². The minimum Gasteiger partial charge on any atom is -0.493 e. The molecule has 0 heterocycles. The number of benzene rings is 1. The van der Waals surface area contributed by atoms with Crippen LogP contribution < -0.4 is 4.74 Å². The summed E-state index contributed by atoms with van der Waals surface area (Å²) in [6, 6.07) is 8.53. The number of rotatable bonds is 12. The predicted molar refractivity (Wildman–Crippen MR) is 116 cm³/mol. The highest BCUT2D eigenvalue weighted by Gasteiger charge is 2.30. The van der Waals surface area contributed by atoms with Crippen LogP contribution in [-0.2, 0) is 11.3 Å². The minimum absolute atomic E-state index is 0.185. The molecule has 1 rings (SSSR count). The molecule has 0 aliphatic rings. The van der Waals surface area contributed by atoms with Gasteiger partial charge >= 0.3 is 0 Å². The molecule has 0 saturated heterocycles. The Labute approximate surface area is 168 Å². The molecule has 0 aromatic heterocycles. The maximum absolute atomic E-state index is 5.87. The zero-order valence-electron chi connectivity index (χ0n) is 19.3. The van der Waals surface area contributed by atoms with Crippen LogP contribution in [0.2, 0.25) is 0 Å². The second-order valence-corrected chi connectivity index (χ2v) is 10.4. The monoisotopic (exact) mass is 377 g/mol. The van der Waals surface area contributed by atoms with Crippen molar-refractivity contribution < 1.29 is 9.47 Å². The van der Waals surface area contributed by atoms with E-state index >= 15 is 0 Å². The predicted octanol–water partition coefficient (Wildman–Crippen LogP) is 6.02. The van der Waals surface area contributed by atoms with E-state index in [2.05, 4.69) is 91.6 Å². The Morgan fingerprint density at radius 2 is 1.52 bits per heavy atom. The van der Waals surface area contributed by atoms with E-state index in [1.54, 1.807) is 0 Å². The molecule has 0 fully saturated rings. The molecule has 0 bridgehead atoms. The van der Waals surface area contributed by atoms with Gasteiger partial charge in [0.05, 0.1) is 19.3 Å². The molecule has 0 radical (unpaired) electrons. The molecule has 0 atom stereocenters. The van der Waals surface area contributed by atoms with Gasteiger partial charge in [-0.1, -0.05) is 53.7 Å². The zero-order valence-corrected chi connectivity index (χ0v) is 19.3. The molecule has 1 aromatic rings. The fourth-order valence-corrected chi connectivity index (χ4v) is 3.85. The van der Waals surface area contributed by atoms with Crippen molar-refractivity contribution in [3.63, 3.8) is 0 Å². The number of ether oxygens (including phenoxy) is 2. The molecule has 1 aromatic carbocycles. The summed E-state index contributed by atoms with van der Waals surface area (Å²) in [5.74, 6) is 1.51. The molecule has 0 aliphatic carbocycles. The number of hydrogen-bond acceptors (Lipinski definition) is 3. The highest BCUT2D eigenvalue weighted by Crippen LogP contribution is 2.35. The topological polar surface area (TPSA) is 21.7 Å². The van der Waals surface area contributed by atoms with Crippen LogP contribution in [0.25, 0.3) is 0 Å². The molecule has 27 heavy (non-hydrogen) atoms. The molecule has 0 aliphatic heterocycles. The lowest BCUT2D eigenvalue weighted by Crippen LogP contribution is -2.36. The van der Waals surface area contributed by atoms with Crippen LogP contribution >= 0.6 is 0 Å². The summed E-state index contributed by atoms with van der Waals surface area (Å²) in [4.78, 5) is 2.42. The van der Waals surface area contributed by atoms with Gasteiger partial charge in [0.15, 0.2) is 0 Å². The molecule has 0 saturated carbocycles. The van der Waals surface area contributed by atoms with Crippen molar-refractivity contribution in [3.8, 4) is 5.75 Å². The van der Waals surface area contributed by atoms with E-state index in [-0.39, 0.29) is 10.8 Å². The van der Waals surface area contributed by atoms with Gasteiger partial charge in [0.25, 0.3) is 0 Å². The van der Waals surface area contributed by atoms with E-state index < -0.39 is 0 Å². The maximum Gasteiger partial charge on any atom is 0.119 e. The Morgan fingerprint density at radius 1 is 0.926 bits per heavy atom. The third-order valence-corrected chi connectivity index (χ3v) is 4.42. The minimum atomic E-state index is 0.185. The van der Waals surface area contributed by atoms with Crippen molar-refractivity contribution in [2.75, 3.05) is 26.8 Å². The van der Waals surface area contributed by atoms with Gasteiger partial charge in [-0.3, -0.25) is 0 Å². The summed E-state index contributed by atoms with van der Waals surface area (Å²) in [7, 11) is 2.21. The second kappa shape index (κ2) is 10.5. The van der Waals surface area contributed by atoms with Crippen LogP contribution in [0.3, 0.4) is 0 Å². The Balaban J connectivity index is 2.53. The van der Waals surface area contributed by atoms with Crippen LogP contribution in [0, 0.1) is 16.7 Å². The first kappa shape index (κ1) is 24.0. The third-order valence-electron chi connectivity index (χ3n) is 4.42. The molecular formula is C24H43NO2. The Bertz CT molecular complexity index is 532. The van der Waals surface area contributed by atoms with E-state index in [0.717, 1.165) is 38.5 Å². The van der Waals surface area contributed by atoms with Gasteiger partial charge < -0.3 is 14.4 Å². The summed E-state index contributed by atoms with van der Waals surface area (Å²) >= 11 is 0.